The molecule has 7 nitrogen and oxygen atoms in total. The zero-order valence-corrected chi connectivity index (χ0v) is 17.1. The summed E-state index contributed by atoms with van der Waals surface area (Å²) in [5.74, 6) is 0.541. The number of nitrogens with zero attached hydrogens (tertiary/aromatic N) is 2. The van der Waals surface area contributed by atoms with Gasteiger partial charge < -0.3 is 14.2 Å². The number of methoxy groups -OCH3 is 2. The molecule has 0 aliphatic rings. The Morgan fingerprint density at radius 3 is 2.32 bits per heavy atom. The molecule has 0 amide bonds. The first-order valence-corrected chi connectivity index (χ1v) is 9.58. The Hall–Kier alpha value is -4.13. The van der Waals surface area contributed by atoms with Crippen LogP contribution in [0, 0.1) is 0 Å². The van der Waals surface area contributed by atoms with Crippen LogP contribution in [0.1, 0.15) is 16.1 Å². The van der Waals surface area contributed by atoms with Gasteiger partial charge in [-0.2, -0.15) is 9.78 Å². The molecule has 0 atom stereocenters. The molecule has 0 saturated heterocycles. The lowest BCUT2D eigenvalue weighted by atomic mass is 10.1. The van der Waals surface area contributed by atoms with E-state index in [4.69, 9.17) is 14.2 Å². The number of hydrogen-bond donors (Lipinski definition) is 0. The van der Waals surface area contributed by atoms with Gasteiger partial charge >= 0.3 is 5.97 Å². The number of carbonyl (C=O) groups excluding carboxylic acids is 1. The average Bonchev–Trinajstić information content (AvgIpc) is 2.83. The topological polar surface area (TPSA) is 79.7 Å². The number of rotatable bonds is 6. The summed E-state index contributed by atoms with van der Waals surface area (Å²) >= 11 is 0. The first-order valence-electron chi connectivity index (χ1n) is 9.58. The summed E-state index contributed by atoms with van der Waals surface area (Å²) in [5, 5.41) is 5.15. The van der Waals surface area contributed by atoms with Crippen LogP contribution in [-0.2, 0) is 11.3 Å². The first kappa shape index (κ1) is 20.2. The number of aromatic nitrogens is 2. The standard InChI is InChI=1S/C24H20N2O5/c1-29-18-12-13-21(30-2)16(14-18)15-31-24(28)22-19-10-6-7-11-20(19)23(27)26(25-22)17-8-4-3-5-9-17/h3-14H,15H2,1-2H3. The van der Waals surface area contributed by atoms with E-state index < -0.39 is 5.97 Å². The SMILES string of the molecule is COc1ccc(OC)c(COC(=O)c2nn(-c3ccccc3)c(=O)c3ccccc23)c1. The zero-order valence-electron chi connectivity index (χ0n) is 17.1. The summed E-state index contributed by atoms with van der Waals surface area (Å²) in [6.45, 7) is -0.0420. The van der Waals surface area contributed by atoms with E-state index in [2.05, 4.69) is 5.10 Å². The second-order valence-corrected chi connectivity index (χ2v) is 6.70. The fraction of sp³-hybridized carbons (Fsp3) is 0.125. The van der Waals surface area contributed by atoms with Gasteiger partial charge in [0.1, 0.15) is 18.1 Å². The fourth-order valence-corrected chi connectivity index (χ4v) is 3.29. The summed E-state index contributed by atoms with van der Waals surface area (Å²) in [5.41, 5.74) is 0.950. The Morgan fingerprint density at radius 2 is 1.61 bits per heavy atom. The Kier molecular flexibility index (Phi) is 5.66. The molecule has 4 aromatic rings. The molecule has 0 N–H and O–H groups in total. The minimum atomic E-state index is -0.647. The van der Waals surface area contributed by atoms with Gasteiger partial charge in [0.25, 0.3) is 5.56 Å². The third kappa shape index (κ3) is 3.98. The predicted octanol–water partition coefficient (Wildman–Crippen LogP) is 3.76. The quantitative estimate of drug-likeness (QED) is 0.445. The van der Waals surface area contributed by atoms with Gasteiger partial charge in [0.15, 0.2) is 5.69 Å². The van der Waals surface area contributed by atoms with Gasteiger partial charge in [0.2, 0.25) is 0 Å². The Bertz CT molecular complexity index is 1300. The molecular weight excluding hydrogens is 396 g/mol. The maximum atomic E-state index is 13.0. The molecule has 4 rings (SSSR count). The van der Waals surface area contributed by atoms with Crippen molar-refractivity contribution in [2.24, 2.45) is 0 Å². The summed E-state index contributed by atoms with van der Waals surface area (Å²) in [7, 11) is 3.10. The second-order valence-electron chi connectivity index (χ2n) is 6.70. The molecule has 1 aromatic heterocycles. The molecule has 1 heterocycles. The summed E-state index contributed by atoms with van der Waals surface area (Å²) in [4.78, 5) is 26.0. The van der Waals surface area contributed by atoms with E-state index in [0.29, 0.717) is 33.5 Å². The van der Waals surface area contributed by atoms with Crippen LogP contribution in [0.15, 0.2) is 77.6 Å². The van der Waals surface area contributed by atoms with Crippen LogP contribution < -0.4 is 15.0 Å². The molecule has 0 spiro atoms. The monoisotopic (exact) mass is 416 g/mol. The van der Waals surface area contributed by atoms with Gasteiger partial charge in [-0.25, -0.2) is 4.79 Å². The Morgan fingerprint density at radius 1 is 0.903 bits per heavy atom. The number of carbonyl (C=O) groups is 1. The molecule has 3 aromatic carbocycles. The van der Waals surface area contributed by atoms with Gasteiger partial charge in [-0.05, 0) is 36.4 Å². The number of para-hydroxylation sites is 1. The minimum Gasteiger partial charge on any atom is -0.497 e. The molecule has 0 aliphatic heterocycles. The van der Waals surface area contributed by atoms with Gasteiger partial charge in [-0.3, -0.25) is 4.79 Å². The van der Waals surface area contributed by atoms with Crippen LogP contribution in [0.4, 0.5) is 0 Å². The lowest BCUT2D eigenvalue weighted by Crippen LogP contribution is -2.25. The van der Waals surface area contributed by atoms with Crippen molar-refractivity contribution in [2.75, 3.05) is 14.2 Å². The normalized spacial score (nSPS) is 10.6. The molecule has 0 unspecified atom stereocenters. The maximum absolute atomic E-state index is 13.0. The average molecular weight is 416 g/mol. The smallest absolute Gasteiger partial charge is 0.359 e. The second kappa shape index (κ2) is 8.71. The molecule has 0 aliphatic carbocycles. The van der Waals surface area contributed by atoms with Crippen molar-refractivity contribution < 1.29 is 19.0 Å². The van der Waals surface area contributed by atoms with E-state index in [1.807, 2.05) is 6.07 Å². The number of hydrogen-bond acceptors (Lipinski definition) is 6. The number of fused-ring (bicyclic) bond motifs is 1. The third-order valence-electron chi connectivity index (χ3n) is 4.85. The molecule has 7 heteroatoms. The van der Waals surface area contributed by atoms with Crippen molar-refractivity contribution in [3.05, 3.63) is 94.4 Å². The number of ether oxygens (including phenoxy) is 3. The van der Waals surface area contributed by atoms with Gasteiger partial charge in [0, 0.05) is 10.9 Å². The van der Waals surface area contributed by atoms with Crippen LogP contribution in [0.25, 0.3) is 16.5 Å². The van der Waals surface area contributed by atoms with E-state index >= 15 is 0 Å². The zero-order chi connectivity index (χ0) is 21.8. The van der Waals surface area contributed by atoms with E-state index in [1.165, 1.54) is 11.8 Å². The molecule has 156 valence electrons. The largest absolute Gasteiger partial charge is 0.497 e. The van der Waals surface area contributed by atoms with Crippen LogP contribution in [0.3, 0.4) is 0 Å². The molecule has 0 bridgehead atoms. The molecule has 0 fully saturated rings. The Labute approximate surface area is 178 Å². The minimum absolute atomic E-state index is 0.0420. The summed E-state index contributed by atoms with van der Waals surface area (Å²) in [6.07, 6.45) is 0. The third-order valence-corrected chi connectivity index (χ3v) is 4.85. The Balaban J connectivity index is 1.73. The van der Waals surface area contributed by atoms with Crippen LogP contribution in [0.5, 0.6) is 11.5 Å². The predicted molar refractivity (Wildman–Crippen MR) is 116 cm³/mol. The first-order chi connectivity index (χ1) is 15.1. The van der Waals surface area contributed by atoms with E-state index in [-0.39, 0.29) is 17.9 Å². The van der Waals surface area contributed by atoms with Crippen molar-refractivity contribution in [1.82, 2.24) is 9.78 Å². The van der Waals surface area contributed by atoms with Crippen molar-refractivity contribution in [3.63, 3.8) is 0 Å². The van der Waals surface area contributed by atoms with E-state index in [0.717, 1.165) is 0 Å². The highest BCUT2D eigenvalue weighted by molar-refractivity contribution is 6.02. The van der Waals surface area contributed by atoms with E-state index in [9.17, 15) is 9.59 Å². The molecule has 0 radical (unpaired) electrons. The van der Waals surface area contributed by atoms with Crippen molar-refractivity contribution in [3.8, 4) is 17.2 Å². The summed E-state index contributed by atoms with van der Waals surface area (Å²) < 4.78 is 17.3. The molecule has 0 saturated carbocycles. The highest BCUT2D eigenvalue weighted by Gasteiger charge is 2.19. The fourth-order valence-electron chi connectivity index (χ4n) is 3.29. The van der Waals surface area contributed by atoms with Crippen molar-refractivity contribution in [1.29, 1.82) is 0 Å². The summed E-state index contributed by atoms with van der Waals surface area (Å²) in [6, 6.07) is 21.0. The van der Waals surface area contributed by atoms with Crippen LogP contribution >= 0.6 is 0 Å². The van der Waals surface area contributed by atoms with Crippen molar-refractivity contribution in [2.45, 2.75) is 6.61 Å². The van der Waals surface area contributed by atoms with Crippen molar-refractivity contribution >= 4 is 16.7 Å². The highest BCUT2D eigenvalue weighted by atomic mass is 16.5. The van der Waals surface area contributed by atoms with Gasteiger partial charge in [-0.15, -0.1) is 0 Å². The van der Waals surface area contributed by atoms with E-state index in [1.54, 1.807) is 73.8 Å². The van der Waals surface area contributed by atoms with Crippen LogP contribution in [0.2, 0.25) is 0 Å². The lowest BCUT2D eigenvalue weighted by Gasteiger charge is -2.13. The lowest BCUT2D eigenvalue weighted by molar-refractivity contribution is 0.0463. The van der Waals surface area contributed by atoms with Gasteiger partial charge in [0.05, 0.1) is 25.3 Å². The maximum Gasteiger partial charge on any atom is 0.359 e. The van der Waals surface area contributed by atoms with Crippen LogP contribution in [-0.4, -0.2) is 30.0 Å². The van der Waals surface area contributed by atoms with Gasteiger partial charge in [-0.1, -0.05) is 36.4 Å². The molecular formula is C24H20N2O5. The number of esters is 1. The number of benzene rings is 3. The molecule has 31 heavy (non-hydrogen) atoms. The highest BCUT2D eigenvalue weighted by Crippen LogP contribution is 2.25.